The van der Waals surface area contributed by atoms with Crippen LogP contribution < -0.4 is 9.64 Å². The van der Waals surface area contributed by atoms with E-state index in [0.29, 0.717) is 30.3 Å². The molecular formula is C15H12N2O5. The average Bonchev–Trinajstić information content (AvgIpc) is 3.04. The van der Waals surface area contributed by atoms with Gasteiger partial charge >= 0.3 is 0 Å². The van der Waals surface area contributed by atoms with Gasteiger partial charge in [0.2, 0.25) is 0 Å². The zero-order valence-corrected chi connectivity index (χ0v) is 11.5. The molecule has 7 nitrogen and oxygen atoms in total. The molecule has 1 aliphatic heterocycles. The largest absolute Gasteiger partial charge is 0.490 e. The molecule has 2 heterocycles. The summed E-state index contributed by atoms with van der Waals surface area (Å²) in [6, 6.07) is 7.64. The van der Waals surface area contributed by atoms with E-state index in [4.69, 9.17) is 9.15 Å². The maximum atomic E-state index is 12.3. The molecule has 0 aliphatic carbocycles. The molecule has 22 heavy (non-hydrogen) atoms. The number of non-ortho nitro benzene ring substituents is 1. The highest BCUT2D eigenvalue weighted by Crippen LogP contribution is 2.35. The zero-order valence-electron chi connectivity index (χ0n) is 11.5. The molecule has 0 atom stereocenters. The van der Waals surface area contributed by atoms with E-state index in [2.05, 4.69) is 0 Å². The van der Waals surface area contributed by atoms with Crippen LogP contribution in [-0.4, -0.2) is 24.0 Å². The van der Waals surface area contributed by atoms with Crippen LogP contribution in [0.5, 0.6) is 5.75 Å². The number of amides is 1. The van der Waals surface area contributed by atoms with Crippen LogP contribution in [0.15, 0.2) is 47.1 Å². The molecule has 0 spiro atoms. The van der Waals surface area contributed by atoms with Gasteiger partial charge in [0, 0.05) is 18.2 Å². The maximum absolute atomic E-state index is 12.3. The second-order valence-corrected chi connectivity index (χ2v) is 4.60. The number of hydrogen-bond acceptors (Lipinski definition) is 5. The van der Waals surface area contributed by atoms with Crippen LogP contribution in [0.1, 0.15) is 5.76 Å². The first-order valence-corrected chi connectivity index (χ1v) is 6.59. The third kappa shape index (κ3) is 2.69. The van der Waals surface area contributed by atoms with Crippen molar-refractivity contribution in [3.05, 3.63) is 58.5 Å². The molecule has 3 rings (SSSR count). The van der Waals surface area contributed by atoms with Crippen LogP contribution in [0.2, 0.25) is 0 Å². The molecule has 0 bridgehead atoms. The van der Waals surface area contributed by atoms with Crippen LogP contribution in [0.25, 0.3) is 6.08 Å². The number of rotatable bonds is 3. The van der Waals surface area contributed by atoms with E-state index in [-0.39, 0.29) is 11.6 Å². The maximum Gasteiger partial charge on any atom is 0.271 e. The van der Waals surface area contributed by atoms with Gasteiger partial charge in [-0.2, -0.15) is 0 Å². The zero-order chi connectivity index (χ0) is 15.5. The van der Waals surface area contributed by atoms with Crippen molar-refractivity contribution in [3.63, 3.8) is 0 Å². The van der Waals surface area contributed by atoms with Crippen molar-refractivity contribution in [2.24, 2.45) is 0 Å². The Balaban J connectivity index is 1.88. The van der Waals surface area contributed by atoms with Gasteiger partial charge in [0.25, 0.3) is 11.6 Å². The van der Waals surface area contributed by atoms with Gasteiger partial charge in [-0.25, -0.2) is 0 Å². The average molecular weight is 300 g/mol. The second-order valence-electron chi connectivity index (χ2n) is 4.60. The van der Waals surface area contributed by atoms with Gasteiger partial charge in [-0.05, 0) is 24.3 Å². The molecule has 1 aliphatic rings. The number of furan rings is 1. The quantitative estimate of drug-likeness (QED) is 0.494. The summed E-state index contributed by atoms with van der Waals surface area (Å²) in [6.07, 6.45) is 4.43. The molecule has 0 saturated heterocycles. The number of benzene rings is 1. The molecule has 0 unspecified atom stereocenters. The summed E-state index contributed by atoms with van der Waals surface area (Å²) in [7, 11) is 0. The number of carbonyl (C=O) groups excluding carboxylic acids is 1. The highest BCUT2D eigenvalue weighted by atomic mass is 16.6. The number of hydrogen-bond donors (Lipinski definition) is 0. The third-order valence-electron chi connectivity index (χ3n) is 3.22. The molecule has 0 fully saturated rings. The van der Waals surface area contributed by atoms with Crippen molar-refractivity contribution in [2.75, 3.05) is 18.1 Å². The molecular weight excluding hydrogens is 288 g/mol. The van der Waals surface area contributed by atoms with Crippen LogP contribution in [0.4, 0.5) is 11.4 Å². The minimum atomic E-state index is -0.504. The topological polar surface area (TPSA) is 85.8 Å². The van der Waals surface area contributed by atoms with Crippen LogP contribution in [0, 0.1) is 10.1 Å². The summed E-state index contributed by atoms with van der Waals surface area (Å²) in [4.78, 5) is 24.1. The second kappa shape index (κ2) is 5.72. The van der Waals surface area contributed by atoms with Gasteiger partial charge in [0.05, 0.1) is 23.4 Å². The summed E-state index contributed by atoms with van der Waals surface area (Å²) in [5, 5.41) is 10.9. The molecule has 112 valence electrons. The lowest BCUT2D eigenvalue weighted by atomic mass is 10.2. The lowest BCUT2D eigenvalue weighted by Gasteiger charge is -2.28. The summed E-state index contributed by atoms with van der Waals surface area (Å²) in [6.45, 7) is 0.667. The molecule has 1 aromatic heterocycles. The number of anilines is 1. The lowest BCUT2D eigenvalue weighted by Crippen LogP contribution is -2.36. The Morgan fingerprint density at radius 2 is 2.23 bits per heavy atom. The van der Waals surface area contributed by atoms with Crippen molar-refractivity contribution in [3.8, 4) is 5.75 Å². The Bertz CT molecular complexity index is 736. The van der Waals surface area contributed by atoms with E-state index in [1.54, 1.807) is 18.2 Å². The SMILES string of the molecule is O=C(/C=C/c1ccco1)N1CCOc2ccc([N+](=O)[O-])cc21. The molecule has 0 saturated carbocycles. The summed E-state index contributed by atoms with van der Waals surface area (Å²) in [5.41, 5.74) is 0.312. The van der Waals surface area contributed by atoms with Gasteiger partial charge in [0.1, 0.15) is 18.1 Å². The van der Waals surface area contributed by atoms with Crippen LogP contribution in [0.3, 0.4) is 0 Å². The summed E-state index contributed by atoms with van der Waals surface area (Å²) >= 11 is 0. The molecule has 7 heteroatoms. The van der Waals surface area contributed by atoms with Gasteiger partial charge in [-0.1, -0.05) is 0 Å². The molecule has 1 aromatic carbocycles. The highest BCUT2D eigenvalue weighted by molar-refractivity contribution is 6.05. The fourth-order valence-corrected chi connectivity index (χ4v) is 2.18. The minimum Gasteiger partial charge on any atom is -0.490 e. The Morgan fingerprint density at radius 1 is 1.36 bits per heavy atom. The van der Waals surface area contributed by atoms with Gasteiger partial charge in [0.15, 0.2) is 0 Å². The Hall–Kier alpha value is -3.09. The Morgan fingerprint density at radius 3 is 2.95 bits per heavy atom. The molecule has 0 radical (unpaired) electrons. The number of ether oxygens (including phenoxy) is 1. The predicted octanol–water partition coefficient (Wildman–Crippen LogP) is 2.63. The van der Waals surface area contributed by atoms with E-state index in [0.717, 1.165) is 0 Å². The van der Waals surface area contributed by atoms with E-state index in [1.165, 1.54) is 35.4 Å². The Labute approximate surface area is 125 Å². The lowest BCUT2D eigenvalue weighted by molar-refractivity contribution is -0.384. The monoisotopic (exact) mass is 300 g/mol. The van der Waals surface area contributed by atoms with Crippen molar-refractivity contribution < 1.29 is 18.9 Å². The summed E-state index contributed by atoms with van der Waals surface area (Å²) < 4.78 is 10.5. The predicted molar refractivity (Wildman–Crippen MR) is 78.7 cm³/mol. The van der Waals surface area contributed by atoms with E-state index in [1.807, 2.05) is 0 Å². The van der Waals surface area contributed by atoms with Crippen molar-refractivity contribution >= 4 is 23.4 Å². The summed E-state index contributed by atoms with van der Waals surface area (Å²) in [5.74, 6) is 0.721. The first-order chi connectivity index (χ1) is 10.6. The fraction of sp³-hybridized carbons (Fsp3) is 0.133. The van der Waals surface area contributed by atoms with E-state index in [9.17, 15) is 14.9 Å². The van der Waals surface area contributed by atoms with Crippen molar-refractivity contribution in [2.45, 2.75) is 0 Å². The fourth-order valence-electron chi connectivity index (χ4n) is 2.18. The van der Waals surface area contributed by atoms with Crippen LogP contribution >= 0.6 is 0 Å². The Kier molecular flexibility index (Phi) is 3.61. The van der Waals surface area contributed by atoms with E-state index >= 15 is 0 Å². The molecule has 1 amide bonds. The van der Waals surface area contributed by atoms with Gasteiger partial charge in [-0.3, -0.25) is 14.9 Å². The number of fused-ring (bicyclic) bond motifs is 1. The minimum absolute atomic E-state index is 0.0861. The number of carbonyl (C=O) groups is 1. The van der Waals surface area contributed by atoms with Gasteiger partial charge in [-0.15, -0.1) is 0 Å². The first-order valence-electron chi connectivity index (χ1n) is 6.59. The smallest absolute Gasteiger partial charge is 0.271 e. The molecule has 2 aromatic rings. The number of nitro benzene ring substituents is 1. The molecule has 0 N–H and O–H groups in total. The standard InChI is InChI=1S/C15H12N2O5/c18-15(6-4-12-2-1-8-21-12)16-7-9-22-14-5-3-11(17(19)20)10-13(14)16/h1-6,8,10H,7,9H2/b6-4+. The first kappa shape index (κ1) is 13.9. The van der Waals surface area contributed by atoms with Crippen molar-refractivity contribution in [1.82, 2.24) is 0 Å². The van der Waals surface area contributed by atoms with Crippen LogP contribution in [-0.2, 0) is 4.79 Å². The van der Waals surface area contributed by atoms with E-state index < -0.39 is 4.92 Å². The third-order valence-corrected chi connectivity index (χ3v) is 3.22. The number of nitrogens with zero attached hydrogens (tertiary/aromatic N) is 2. The van der Waals surface area contributed by atoms with Gasteiger partial charge < -0.3 is 14.1 Å². The van der Waals surface area contributed by atoms with Crippen molar-refractivity contribution in [1.29, 1.82) is 0 Å². The number of nitro groups is 1. The highest BCUT2D eigenvalue weighted by Gasteiger charge is 2.24. The normalized spacial score (nSPS) is 13.7.